The molecule has 0 aliphatic carbocycles. The van der Waals surface area contributed by atoms with Gasteiger partial charge in [-0.3, -0.25) is 33.6 Å². The van der Waals surface area contributed by atoms with Crippen LogP contribution in [0.3, 0.4) is 0 Å². The monoisotopic (exact) mass is 1330 g/mol. The Balaban J connectivity index is 1.15. The van der Waals surface area contributed by atoms with Gasteiger partial charge in [-0.05, 0) is 118 Å². The number of carbonyl (C=O) groups is 8. The second kappa shape index (κ2) is 25.4. The Kier molecular flexibility index (Phi) is 17.8. The second-order valence-electron chi connectivity index (χ2n) is 20.6. The van der Waals surface area contributed by atoms with Crippen molar-refractivity contribution in [1.29, 1.82) is 0 Å². The van der Waals surface area contributed by atoms with Crippen molar-refractivity contribution in [2.45, 2.75) is 49.1 Å². The van der Waals surface area contributed by atoms with Gasteiger partial charge in [0.1, 0.15) is 41.7 Å². The lowest BCUT2D eigenvalue weighted by molar-refractivity contribution is -0.145. The number of H-pyrrole nitrogens is 1. The number of carboxylic acids is 1. The predicted molar refractivity (Wildman–Crippen MR) is 326 cm³/mol. The molecule has 12 N–H and O–H groups in total. The molecule has 0 saturated heterocycles. The summed E-state index contributed by atoms with van der Waals surface area (Å²) < 4.78 is 6.37. The molecule has 9 bridgehead atoms. The van der Waals surface area contributed by atoms with E-state index in [0.717, 1.165) is 41.3 Å². The summed E-state index contributed by atoms with van der Waals surface area (Å²) in [6.07, 6.45) is 0.782. The van der Waals surface area contributed by atoms with E-state index >= 15 is 19.2 Å². The Morgan fingerprint density at radius 1 is 0.607 bits per heavy atom. The fourth-order valence-electron chi connectivity index (χ4n) is 10.2. The number of ether oxygens (including phenoxy) is 1. The number of carbonyl (C=O) groups excluding carboxylic acids is 7. The number of carboxylic acid groups (broad SMARTS) is 1. The van der Waals surface area contributed by atoms with Gasteiger partial charge in [0, 0.05) is 48.1 Å². The third-order valence-electron chi connectivity index (χ3n) is 14.9. The number of amides is 6. The van der Waals surface area contributed by atoms with Gasteiger partial charge in [-0.1, -0.05) is 106 Å². The lowest BCUT2D eigenvalue weighted by Gasteiger charge is -2.33. The van der Waals surface area contributed by atoms with Crippen LogP contribution in [-0.2, 0) is 46.4 Å². The van der Waals surface area contributed by atoms with Crippen LogP contribution in [0.2, 0.25) is 30.1 Å². The number of aromatic hydroxyl groups is 5. The van der Waals surface area contributed by atoms with Crippen molar-refractivity contribution in [3.8, 4) is 51.4 Å². The number of aromatic amines is 1. The van der Waals surface area contributed by atoms with Gasteiger partial charge in [-0.2, -0.15) is 0 Å². The first-order valence-electron chi connectivity index (χ1n) is 26.4. The summed E-state index contributed by atoms with van der Waals surface area (Å²) in [7, 11) is 1.19. The Labute approximate surface area is 532 Å². The molecule has 0 saturated carbocycles. The summed E-state index contributed by atoms with van der Waals surface area (Å²) in [6.45, 7) is 0. The number of benzene rings is 7. The summed E-state index contributed by atoms with van der Waals surface area (Å²) in [5, 5.41) is 75.0. The maximum atomic E-state index is 15.8. The SMILES string of the molecule is CN1C(=O)[C@H](c2cc(Cl)c(O)c(Cl)c2)NC(=O)[C@@H]2NC(=O)[C@H](c3cc(Cl)c(O)c(Cl)c3)NC(=O)[C@H](NC(=O)C(=O)c3cc(Cl)c(O)c(Cl)c3)Cc3c[nH]c4cc(ccc34)-c3cc2cc(c3O)Oc2ccc(cc2)C[C@H]1C(=O)N[C@@H](C(=O)O)c1ccc(O)cc1. The molecule has 7 aromatic carbocycles. The first-order valence-corrected chi connectivity index (χ1v) is 28.6. The maximum absolute atomic E-state index is 15.8. The van der Waals surface area contributed by atoms with E-state index in [1.54, 1.807) is 18.2 Å². The lowest BCUT2D eigenvalue weighted by atomic mass is 9.94. The van der Waals surface area contributed by atoms with E-state index < -0.39 is 133 Å². The van der Waals surface area contributed by atoms with Crippen molar-refractivity contribution in [3.05, 3.63) is 191 Å². The molecule has 6 amide bonds. The molecule has 6 atom stereocenters. The maximum Gasteiger partial charge on any atom is 0.330 e. The zero-order chi connectivity index (χ0) is 64.0. The first kappa shape index (κ1) is 62.6. The summed E-state index contributed by atoms with van der Waals surface area (Å²) >= 11 is 38.0. The molecule has 1 aromatic heterocycles. The van der Waals surface area contributed by atoms with Crippen molar-refractivity contribution in [2.75, 3.05) is 7.05 Å². The van der Waals surface area contributed by atoms with E-state index in [0.29, 0.717) is 22.0 Å². The summed E-state index contributed by atoms with van der Waals surface area (Å²) in [4.78, 5) is 121. The molecular formula is C61H45Cl6N7O15. The fourth-order valence-corrected chi connectivity index (χ4v) is 11.7. The second-order valence-corrected chi connectivity index (χ2v) is 23.1. The lowest BCUT2D eigenvalue weighted by Crippen LogP contribution is -2.55. The van der Waals surface area contributed by atoms with E-state index in [-0.39, 0.29) is 72.7 Å². The number of aromatic nitrogens is 1. The minimum absolute atomic E-state index is 0.00208. The smallest absolute Gasteiger partial charge is 0.330 e. The molecule has 0 unspecified atom stereocenters. The Hall–Kier alpha value is -9.42. The standard InChI is InChI=1S/C61H45Cl6N7O15/c1-74-44(56(82)73-49(61(87)88)25-4-7-32(75)8-5-25)12-24-2-9-33(10-3-24)89-45-22-27-13-35(51(45)77)26-6-11-34-31(23-68-42(34)20-26)21-43(69-59(85)50(76)30-18-40(66)54(80)41(67)19-30)55(81)70-47(28-14-36(62)52(78)37(63)15-28)57(83)71-46(27)58(84)72-48(60(74)86)29-16-38(64)53(79)39(65)17-29/h2-11,13-20,22-23,43-44,46-49,68,75,77-80H,12,21H2,1H3,(H,69,85)(H,70,81)(H,71,83)(H,72,84)(H,73,82)(H,87,88)/t43-,44+,46-,47+,48+,49-/m1/s1. The number of nitrogens with zero attached hydrogens (tertiary/aromatic N) is 1. The summed E-state index contributed by atoms with van der Waals surface area (Å²) in [5.74, 6) is -12.7. The van der Waals surface area contributed by atoms with Crippen molar-refractivity contribution in [2.24, 2.45) is 0 Å². The Morgan fingerprint density at radius 2 is 1.13 bits per heavy atom. The summed E-state index contributed by atoms with van der Waals surface area (Å²) in [5.41, 5.74) is 0.449. The molecule has 0 radical (unpaired) electrons. The molecule has 5 heterocycles. The van der Waals surface area contributed by atoms with E-state index in [1.165, 1.54) is 73.9 Å². The average molecular weight is 1330 g/mol. The van der Waals surface area contributed by atoms with Gasteiger partial charge < -0.3 is 71.8 Å². The van der Waals surface area contributed by atoms with Gasteiger partial charge in [-0.15, -0.1) is 0 Å². The molecule has 4 aliphatic heterocycles. The minimum atomic E-state index is -2.07. The van der Waals surface area contributed by atoms with E-state index in [2.05, 4.69) is 31.6 Å². The quantitative estimate of drug-likeness (QED) is 0.0473. The zero-order valence-electron chi connectivity index (χ0n) is 45.5. The van der Waals surface area contributed by atoms with Crippen LogP contribution in [0, 0.1) is 0 Å². The molecule has 0 spiro atoms. The number of hydrogen-bond acceptors (Lipinski definition) is 14. The first-order chi connectivity index (χ1) is 42.2. The van der Waals surface area contributed by atoms with Gasteiger partial charge in [0.25, 0.3) is 5.91 Å². The van der Waals surface area contributed by atoms with Crippen molar-refractivity contribution < 1.29 is 73.7 Å². The third kappa shape index (κ3) is 13.0. The average Bonchev–Trinajstić information content (AvgIpc) is 1.98. The highest BCUT2D eigenvalue weighted by atomic mass is 35.5. The number of ketones is 1. The molecule has 456 valence electrons. The fraction of sp³-hybridized carbons (Fsp3) is 0.148. The largest absolute Gasteiger partial charge is 0.508 e. The topological polar surface area (TPSA) is 346 Å². The minimum Gasteiger partial charge on any atom is -0.508 e. The normalized spacial score (nSPS) is 18.2. The number of likely N-dealkylation sites (N-methyl/N-ethyl adjacent to an activating group) is 1. The molecule has 0 fully saturated rings. The van der Waals surface area contributed by atoms with Gasteiger partial charge in [0.15, 0.2) is 34.8 Å². The van der Waals surface area contributed by atoms with Crippen LogP contribution in [0.4, 0.5) is 0 Å². The molecular weight excluding hydrogens is 1280 g/mol. The number of halogens is 6. The van der Waals surface area contributed by atoms with Crippen molar-refractivity contribution in [1.82, 2.24) is 36.5 Å². The van der Waals surface area contributed by atoms with E-state index in [4.69, 9.17) is 74.3 Å². The number of phenolic OH excluding ortho intramolecular Hbond substituents is 5. The number of Topliss-reactive ketones (excluding diaryl/α,β-unsaturated/α-hetero) is 1. The molecule has 8 aromatic rings. The van der Waals surface area contributed by atoms with Crippen LogP contribution in [0.5, 0.6) is 40.2 Å². The molecule has 4 aliphatic rings. The van der Waals surface area contributed by atoms with Crippen LogP contribution in [0.1, 0.15) is 67.9 Å². The molecule has 28 heteroatoms. The predicted octanol–water partition coefficient (Wildman–Crippen LogP) is 9.20. The van der Waals surface area contributed by atoms with Gasteiger partial charge in [0.2, 0.25) is 35.3 Å². The van der Waals surface area contributed by atoms with Crippen LogP contribution in [-0.4, -0.2) is 107 Å². The highest BCUT2D eigenvalue weighted by Crippen LogP contribution is 2.44. The molecule has 89 heavy (non-hydrogen) atoms. The van der Waals surface area contributed by atoms with Crippen molar-refractivity contribution in [3.63, 3.8) is 0 Å². The highest BCUT2D eigenvalue weighted by molar-refractivity contribution is 6.45. The van der Waals surface area contributed by atoms with Crippen LogP contribution in [0.25, 0.3) is 22.0 Å². The number of fused-ring (bicyclic) bond motifs is 15. The highest BCUT2D eigenvalue weighted by Gasteiger charge is 2.40. The van der Waals surface area contributed by atoms with Crippen LogP contribution in [0.15, 0.2) is 121 Å². The van der Waals surface area contributed by atoms with E-state index in [9.17, 15) is 49.8 Å². The third-order valence-corrected chi connectivity index (χ3v) is 16.6. The number of phenols is 5. The molecule has 22 nitrogen and oxygen atoms in total. The van der Waals surface area contributed by atoms with Gasteiger partial charge >= 0.3 is 5.97 Å². The molecule has 12 rings (SSSR count). The zero-order valence-corrected chi connectivity index (χ0v) is 50.0. The van der Waals surface area contributed by atoms with Crippen molar-refractivity contribution >= 4 is 128 Å². The number of nitrogens with one attached hydrogen (secondary N) is 6. The van der Waals surface area contributed by atoms with Gasteiger partial charge in [-0.25, -0.2) is 4.79 Å². The Morgan fingerprint density at radius 3 is 1.71 bits per heavy atom. The van der Waals surface area contributed by atoms with Gasteiger partial charge in [0.05, 0.1) is 30.1 Å². The Bertz CT molecular complexity index is 4210. The number of hydrogen-bond donors (Lipinski definition) is 12. The number of aliphatic carboxylic acids is 1. The van der Waals surface area contributed by atoms with E-state index in [1.807, 2.05) is 0 Å². The number of rotatable bonds is 9. The summed E-state index contributed by atoms with van der Waals surface area (Å²) in [6, 6.07) is 13.3. The van der Waals surface area contributed by atoms with Crippen LogP contribution >= 0.6 is 69.6 Å². The van der Waals surface area contributed by atoms with Crippen LogP contribution < -0.4 is 31.3 Å².